The number of carbonyl (C=O) groups excluding carboxylic acids is 2. The molecule has 2 aliphatic rings. The molecule has 18 heavy (non-hydrogen) atoms. The van der Waals surface area contributed by atoms with E-state index in [1.807, 2.05) is 11.8 Å². The van der Waals surface area contributed by atoms with Gasteiger partial charge in [-0.15, -0.1) is 0 Å². The molecule has 1 saturated carbocycles. The van der Waals surface area contributed by atoms with Crippen molar-refractivity contribution in [2.24, 2.45) is 5.92 Å². The van der Waals surface area contributed by atoms with Gasteiger partial charge in [0.2, 0.25) is 0 Å². The Kier molecular flexibility index (Phi) is 4.20. The molecule has 1 aliphatic heterocycles. The molecule has 0 aromatic heterocycles. The number of nitrogens with one attached hydrogen (secondary N) is 1. The lowest BCUT2D eigenvalue weighted by Crippen LogP contribution is -2.52. The molecule has 4 nitrogen and oxygen atoms in total. The fourth-order valence-corrected chi connectivity index (χ4v) is 3.55. The molecule has 1 heterocycles. The van der Waals surface area contributed by atoms with E-state index in [1.54, 1.807) is 4.90 Å². The van der Waals surface area contributed by atoms with Gasteiger partial charge >= 0.3 is 6.03 Å². The van der Waals surface area contributed by atoms with Gasteiger partial charge in [-0.3, -0.25) is 10.1 Å². The number of urea groups is 1. The van der Waals surface area contributed by atoms with Crippen molar-refractivity contribution in [1.29, 1.82) is 0 Å². The van der Waals surface area contributed by atoms with Gasteiger partial charge in [0.05, 0.1) is 0 Å². The number of carbonyl (C=O) groups is 2. The van der Waals surface area contributed by atoms with E-state index in [4.69, 9.17) is 0 Å². The first-order valence-corrected chi connectivity index (χ1v) is 7.96. The highest BCUT2D eigenvalue weighted by Crippen LogP contribution is 2.39. The van der Waals surface area contributed by atoms with Crippen LogP contribution < -0.4 is 5.32 Å². The van der Waals surface area contributed by atoms with Crippen LogP contribution in [-0.4, -0.2) is 40.4 Å². The topological polar surface area (TPSA) is 49.4 Å². The molecule has 0 bridgehead atoms. The monoisotopic (exact) mass is 270 g/mol. The molecule has 5 heteroatoms. The normalized spacial score (nSPS) is 32.1. The summed E-state index contributed by atoms with van der Waals surface area (Å²) in [6.45, 7) is 5.02. The minimum atomic E-state index is -0.530. The molecule has 0 radical (unpaired) electrons. The van der Waals surface area contributed by atoms with E-state index >= 15 is 0 Å². The van der Waals surface area contributed by atoms with Crippen molar-refractivity contribution in [2.75, 3.05) is 18.1 Å². The van der Waals surface area contributed by atoms with Gasteiger partial charge in [-0.2, -0.15) is 11.8 Å². The summed E-state index contributed by atoms with van der Waals surface area (Å²) in [5.41, 5.74) is -0.530. The average molecular weight is 270 g/mol. The second-order valence-corrected chi connectivity index (χ2v) is 6.72. The van der Waals surface area contributed by atoms with E-state index in [9.17, 15) is 9.59 Å². The molecular formula is C13H22N2O2S. The molecule has 0 atom stereocenters. The number of imide groups is 1. The van der Waals surface area contributed by atoms with Crippen molar-refractivity contribution in [2.45, 2.75) is 45.1 Å². The first kappa shape index (κ1) is 13.7. The Labute approximate surface area is 113 Å². The summed E-state index contributed by atoms with van der Waals surface area (Å²) < 4.78 is 0. The first-order chi connectivity index (χ1) is 8.60. The molecule has 102 valence electrons. The highest BCUT2D eigenvalue weighted by molar-refractivity contribution is 7.99. The predicted molar refractivity (Wildman–Crippen MR) is 73.6 cm³/mol. The Balaban J connectivity index is 2.09. The van der Waals surface area contributed by atoms with Crippen LogP contribution in [0.5, 0.6) is 0 Å². The third-order valence-corrected chi connectivity index (χ3v) is 5.05. The number of rotatable bonds is 4. The third-order valence-electron chi connectivity index (χ3n) is 4.17. The minimum absolute atomic E-state index is 0.0686. The summed E-state index contributed by atoms with van der Waals surface area (Å²) in [5, 5.41) is 2.51. The molecule has 1 N–H and O–H groups in total. The zero-order valence-corrected chi connectivity index (χ0v) is 12.0. The van der Waals surface area contributed by atoms with E-state index in [0.29, 0.717) is 12.5 Å². The van der Waals surface area contributed by atoms with Crippen LogP contribution in [0, 0.1) is 5.92 Å². The summed E-state index contributed by atoms with van der Waals surface area (Å²) in [7, 11) is 0. The zero-order chi connectivity index (χ0) is 13.2. The molecule has 0 unspecified atom stereocenters. The highest BCUT2D eigenvalue weighted by Gasteiger charge is 2.53. The SMILES string of the molecule is CCSCCN1C(=O)NC(=O)C12CCC(C)CC2. The maximum absolute atomic E-state index is 12.1. The van der Waals surface area contributed by atoms with Gasteiger partial charge in [0, 0.05) is 12.3 Å². The van der Waals surface area contributed by atoms with Crippen molar-refractivity contribution >= 4 is 23.7 Å². The van der Waals surface area contributed by atoms with Gasteiger partial charge in [-0.25, -0.2) is 4.79 Å². The van der Waals surface area contributed by atoms with Crippen LogP contribution in [0.15, 0.2) is 0 Å². The molecule has 1 aliphatic carbocycles. The van der Waals surface area contributed by atoms with Crippen LogP contribution in [0.2, 0.25) is 0 Å². The summed E-state index contributed by atoms with van der Waals surface area (Å²) in [4.78, 5) is 25.8. The van der Waals surface area contributed by atoms with Gasteiger partial charge < -0.3 is 4.90 Å². The number of thioether (sulfide) groups is 1. The average Bonchev–Trinajstić information content (AvgIpc) is 2.57. The molecular weight excluding hydrogens is 248 g/mol. The van der Waals surface area contributed by atoms with Crippen molar-refractivity contribution in [1.82, 2.24) is 10.2 Å². The van der Waals surface area contributed by atoms with E-state index in [0.717, 1.165) is 37.2 Å². The highest BCUT2D eigenvalue weighted by atomic mass is 32.2. The second-order valence-electron chi connectivity index (χ2n) is 5.32. The van der Waals surface area contributed by atoms with Crippen molar-refractivity contribution in [3.8, 4) is 0 Å². The van der Waals surface area contributed by atoms with Crippen LogP contribution in [0.25, 0.3) is 0 Å². The first-order valence-electron chi connectivity index (χ1n) is 6.81. The van der Waals surface area contributed by atoms with Crippen molar-refractivity contribution < 1.29 is 9.59 Å². The minimum Gasteiger partial charge on any atom is -0.309 e. The van der Waals surface area contributed by atoms with Crippen LogP contribution in [-0.2, 0) is 4.79 Å². The van der Waals surface area contributed by atoms with E-state index in [1.165, 1.54) is 0 Å². The van der Waals surface area contributed by atoms with Gasteiger partial charge in [0.15, 0.2) is 0 Å². The number of amides is 3. The van der Waals surface area contributed by atoms with E-state index < -0.39 is 5.54 Å². The second kappa shape index (κ2) is 5.51. The molecule has 1 saturated heterocycles. The lowest BCUT2D eigenvalue weighted by molar-refractivity contribution is -0.128. The van der Waals surface area contributed by atoms with Gasteiger partial charge in [-0.1, -0.05) is 13.8 Å². The van der Waals surface area contributed by atoms with Crippen LogP contribution in [0.3, 0.4) is 0 Å². The Hall–Kier alpha value is -0.710. The molecule has 3 amide bonds. The summed E-state index contributed by atoms with van der Waals surface area (Å²) in [5.74, 6) is 2.56. The van der Waals surface area contributed by atoms with E-state index in [2.05, 4.69) is 19.2 Å². The van der Waals surface area contributed by atoms with Crippen LogP contribution >= 0.6 is 11.8 Å². The Bertz CT molecular complexity index is 338. The van der Waals surface area contributed by atoms with Crippen LogP contribution in [0.4, 0.5) is 4.79 Å². The van der Waals surface area contributed by atoms with Gasteiger partial charge in [0.25, 0.3) is 5.91 Å². The number of hydrogen-bond acceptors (Lipinski definition) is 3. The Morgan fingerprint density at radius 3 is 2.67 bits per heavy atom. The molecule has 1 spiro atoms. The van der Waals surface area contributed by atoms with Crippen molar-refractivity contribution in [3.05, 3.63) is 0 Å². The maximum atomic E-state index is 12.1. The molecule has 2 fully saturated rings. The summed E-state index contributed by atoms with van der Waals surface area (Å²) >= 11 is 1.81. The molecule has 2 rings (SSSR count). The molecule has 0 aromatic carbocycles. The quantitative estimate of drug-likeness (QED) is 0.629. The Morgan fingerprint density at radius 1 is 1.39 bits per heavy atom. The van der Waals surface area contributed by atoms with Gasteiger partial charge in [-0.05, 0) is 37.4 Å². The van der Waals surface area contributed by atoms with Crippen molar-refractivity contribution in [3.63, 3.8) is 0 Å². The summed E-state index contributed by atoms with van der Waals surface area (Å²) in [6.07, 6.45) is 3.72. The molecule has 0 aromatic rings. The third kappa shape index (κ3) is 2.37. The number of hydrogen-bond donors (Lipinski definition) is 1. The smallest absolute Gasteiger partial charge is 0.309 e. The summed E-state index contributed by atoms with van der Waals surface area (Å²) in [6, 6.07) is -0.189. The van der Waals surface area contributed by atoms with Crippen LogP contribution in [0.1, 0.15) is 39.5 Å². The lowest BCUT2D eigenvalue weighted by atomic mass is 9.76. The fraction of sp³-hybridized carbons (Fsp3) is 0.846. The standard InChI is InChI=1S/C13H22N2O2S/c1-3-18-9-8-15-12(17)14-11(16)13(15)6-4-10(2)5-7-13/h10H,3-9H2,1-2H3,(H,14,16,17). The largest absolute Gasteiger partial charge is 0.325 e. The van der Waals surface area contributed by atoms with Gasteiger partial charge in [0.1, 0.15) is 5.54 Å². The maximum Gasteiger partial charge on any atom is 0.325 e. The lowest BCUT2D eigenvalue weighted by Gasteiger charge is -2.40. The predicted octanol–water partition coefficient (Wildman–Crippen LogP) is 2.24. The fourth-order valence-electron chi connectivity index (χ4n) is 2.95. The Morgan fingerprint density at radius 2 is 2.06 bits per heavy atom. The zero-order valence-electron chi connectivity index (χ0n) is 11.2. The number of nitrogens with zero attached hydrogens (tertiary/aromatic N) is 1. The van der Waals surface area contributed by atoms with E-state index in [-0.39, 0.29) is 11.9 Å².